The molecule has 98 valence electrons. The van der Waals surface area contributed by atoms with Gasteiger partial charge in [-0.3, -0.25) is 4.79 Å². The third-order valence-electron chi connectivity index (χ3n) is 3.38. The lowest BCUT2D eigenvalue weighted by Gasteiger charge is -2.37. The second-order valence-corrected chi connectivity index (χ2v) is 5.95. The van der Waals surface area contributed by atoms with Crippen LogP contribution in [-0.2, 0) is 0 Å². The lowest BCUT2D eigenvalue weighted by atomic mass is 10.1. The minimum atomic E-state index is 0.117. The van der Waals surface area contributed by atoms with E-state index in [1.165, 1.54) is 0 Å². The van der Waals surface area contributed by atoms with E-state index < -0.39 is 0 Å². The largest absolute Gasteiger partial charge is 0.333 e. The fourth-order valence-electron chi connectivity index (χ4n) is 2.26. The van der Waals surface area contributed by atoms with Crippen molar-refractivity contribution in [2.75, 3.05) is 13.1 Å². The molecule has 1 aliphatic heterocycles. The highest BCUT2D eigenvalue weighted by atomic mass is 79.9. The standard InChI is InChI=1S/C14H19BrN2O/c1-9-4-5-13(15)12(6-9)14(18)17-8-10(2)16-7-11(17)3/h4-6,10-11,16H,7-8H2,1-3H3. The predicted molar refractivity (Wildman–Crippen MR) is 76.8 cm³/mol. The summed E-state index contributed by atoms with van der Waals surface area (Å²) in [6.45, 7) is 7.82. The Hall–Kier alpha value is -0.870. The molecule has 3 nitrogen and oxygen atoms in total. The molecule has 0 aliphatic carbocycles. The summed E-state index contributed by atoms with van der Waals surface area (Å²) in [5, 5.41) is 3.39. The summed E-state index contributed by atoms with van der Waals surface area (Å²) >= 11 is 3.47. The lowest BCUT2D eigenvalue weighted by molar-refractivity contribution is 0.0615. The first kappa shape index (κ1) is 13.6. The van der Waals surface area contributed by atoms with Crippen LogP contribution >= 0.6 is 15.9 Å². The quantitative estimate of drug-likeness (QED) is 0.864. The lowest BCUT2D eigenvalue weighted by Crippen LogP contribution is -2.56. The normalized spacial score (nSPS) is 24.1. The fraction of sp³-hybridized carbons (Fsp3) is 0.500. The molecule has 2 rings (SSSR count). The predicted octanol–water partition coefficient (Wildman–Crippen LogP) is 2.58. The number of amides is 1. The molecule has 1 heterocycles. The van der Waals surface area contributed by atoms with Gasteiger partial charge in [0, 0.05) is 29.6 Å². The fourth-order valence-corrected chi connectivity index (χ4v) is 2.68. The maximum absolute atomic E-state index is 12.6. The number of hydrogen-bond acceptors (Lipinski definition) is 2. The van der Waals surface area contributed by atoms with E-state index in [-0.39, 0.29) is 11.9 Å². The molecule has 2 atom stereocenters. The maximum Gasteiger partial charge on any atom is 0.255 e. The van der Waals surface area contributed by atoms with Gasteiger partial charge in [0.25, 0.3) is 5.91 Å². The van der Waals surface area contributed by atoms with Gasteiger partial charge in [-0.1, -0.05) is 11.6 Å². The topological polar surface area (TPSA) is 32.3 Å². The van der Waals surface area contributed by atoms with Crippen molar-refractivity contribution < 1.29 is 4.79 Å². The van der Waals surface area contributed by atoms with E-state index in [2.05, 4.69) is 35.1 Å². The van der Waals surface area contributed by atoms with Gasteiger partial charge in [0.15, 0.2) is 0 Å². The highest BCUT2D eigenvalue weighted by Gasteiger charge is 2.28. The van der Waals surface area contributed by atoms with E-state index in [1.54, 1.807) is 0 Å². The molecule has 1 saturated heterocycles. The Balaban J connectivity index is 2.27. The van der Waals surface area contributed by atoms with Crippen molar-refractivity contribution in [3.8, 4) is 0 Å². The summed E-state index contributed by atoms with van der Waals surface area (Å²) in [6, 6.07) is 6.49. The summed E-state index contributed by atoms with van der Waals surface area (Å²) in [5.41, 5.74) is 1.87. The minimum Gasteiger partial charge on any atom is -0.333 e. The number of carbonyl (C=O) groups excluding carboxylic acids is 1. The average Bonchev–Trinajstić information content (AvgIpc) is 2.34. The van der Waals surface area contributed by atoms with Gasteiger partial charge < -0.3 is 10.2 Å². The highest BCUT2D eigenvalue weighted by molar-refractivity contribution is 9.10. The first-order valence-corrected chi connectivity index (χ1v) is 7.09. The molecule has 1 aliphatic rings. The molecule has 1 aromatic rings. The summed E-state index contributed by atoms with van der Waals surface area (Å²) in [4.78, 5) is 14.6. The van der Waals surface area contributed by atoms with Gasteiger partial charge in [0.2, 0.25) is 0 Å². The van der Waals surface area contributed by atoms with Gasteiger partial charge >= 0.3 is 0 Å². The van der Waals surface area contributed by atoms with Crippen LogP contribution in [-0.4, -0.2) is 36.0 Å². The second kappa shape index (κ2) is 5.41. The van der Waals surface area contributed by atoms with E-state index in [4.69, 9.17) is 0 Å². The monoisotopic (exact) mass is 310 g/mol. The number of benzene rings is 1. The van der Waals surface area contributed by atoms with E-state index in [1.807, 2.05) is 30.0 Å². The molecule has 18 heavy (non-hydrogen) atoms. The molecular formula is C14H19BrN2O. The Bertz CT molecular complexity index is 461. The van der Waals surface area contributed by atoms with Crippen LogP contribution in [0.3, 0.4) is 0 Å². The van der Waals surface area contributed by atoms with Crippen LogP contribution in [0.2, 0.25) is 0 Å². The summed E-state index contributed by atoms with van der Waals surface area (Å²) in [5.74, 6) is 0.117. The Kier molecular flexibility index (Phi) is 4.07. The average molecular weight is 311 g/mol. The number of nitrogens with zero attached hydrogens (tertiary/aromatic N) is 1. The van der Waals surface area contributed by atoms with Crippen molar-refractivity contribution >= 4 is 21.8 Å². The maximum atomic E-state index is 12.6. The third kappa shape index (κ3) is 2.75. The van der Waals surface area contributed by atoms with Crippen LogP contribution in [0.1, 0.15) is 29.8 Å². The number of carbonyl (C=O) groups is 1. The Morgan fingerprint density at radius 2 is 2.17 bits per heavy atom. The van der Waals surface area contributed by atoms with Crippen LogP contribution in [0, 0.1) is 6.92 Å². The molecule has 4 heteroatoms. The molecule has 2 unspecified atom stereocenters. The van der Waals surface area contributed by atoms with Crippen molar-refractivity contribution in [3.05, 3.63) is 33.8 Å². The van der Waals surface area contributed by atoms with Crippen LogP contribution in [0.5, 0.6) is 0 Å². The van der Waals surface area contributed by atoms with Crippen molar-refractivity contribution in [2.45, 2.75) is 32.9 Å². The number of nitrogens with one attached hydrogen (secondary N) is 1. The van der Waals surface area contributed by atoms with E-state index in [0.717, 1.165) is 28.7 Å². The zero-order valence-corrected chi connectivity index (χ0v) is 12.6. The minimum absolute atomic E-state index is 0.117. The number of halogens is 1. The molecule has 0 spiro atoms. The van der Waals surface area contributed by atoms with E-state index in [9.17, 15) is 4.79 Å². The zero-order chi connectivity index (χ0) is 13.3. The van der Waals surface area contributed by atoms with E-state index >= 15 is 0 Å². The van der Waals surface area contributed by atoms with Gasteiger partial charge in [-0.25, -0.2) is 0 Å². The van der Waals surface area contributed by atoms with Crippen molar-refractivity contribution in [1.29, 1.82) is 0 Å². The molecule has 1 fully saturated rings. The molecular weight excluding hydrogens is 292 g/mol. The second-order valence-electron chi connectivity index (χ2n) is 5.10. The Labute approximate surface area is 117 Å². The first-order chi connectivity index (χ1) is 8.49. The van der Waals surface area contributed by atoms with Gasteiger partial charge in [0.05, 0.1) is 5.56 Å². The van der Waals surface area contributed by atoms with Crippen LogP contribution in [0.4, 0.5) is 0 Å². The van der Waals surface area contributed by atoms with Crippen LogP contribution in [0.25, 0.3) is 0 Å². The third-order valence-corrected chi connectivity index (χ3v) is 4.07. The van der Waals surface area contributed by atoms with Crippen LogP contribution < -0.4 is 5.32 Å². The molecule has 0 saturated carbocycles. The number of aryl methyl sites for hydroxylation is 1. The Morgan fingerprint density at radius 1 is 1.44 bits per heavy atom. The van der Waals surface area contributed by atoms with Gasteiger partial charge in [-0.15, -0.1) is 0 Å². The summed E-state index contributed by atoms with van der Waals surface area (Å²) in [7, 11) is 0. The van der Waals surface area contributed by atoms with E-state index in [0.29, 0.717) is 6.04 Å². The van der Waals surface area contributed by atoms with Crippen LogP contribution in [0.15, 0.2) is 22.7 Å². The van der Waals surface area contributed by atoms with Crippen molar-refractivity contribution in [2.24, 2.45) is 0 Å². The number of piperazine rings is 1. The smallest absolute Gasteiger partial charge is 0.255 e. The molecule has 0 aromatic heterocycles. The molecule has 1 aromatic carbocycles. The Morgan fingerprint density at radius 3 is 2.89 bits per heavy atom. The molecule has 0 radical (unpaired) electrons. The molecule has 1 amide bonds. The zero-order valence-electron chi connectivity index (χ0n) is 11.0. The number of rotatable bonds is 1. The summed E-state index contributed by atoms with van der Waals surface area (Å²) < 4.78 is 0.872. The van der Waals surface area contributed by atoms with Gasteiger partial charge in [0.1, 0.15) is 0 Å². The SMILES string of the molecule is Cc1ccc(Br)c(C(=O)N2CC(C)NCC2C)c1. The summed E-state index contributed by atoms with van der Waals surface area (Å²) in [6.07, 6.45) is 0. The van der Waals surface area contributed by atoms with Crippen molar-refractivity contribution in [3.63, 3.8) is 0 Å². The molecule has 1 N–H and O–H groups in total. The number of hydrogen-bond donors (Lipinski definition) is 1. The van der Waals surface area contributed by atoms with Crippen molar-refractivity contribution in [1.82, 2.24) is 10.2 Å². The first-order valence-electron chi connectivity index (χ1n) is 6.29. The highest BCUT2D eigenvalue weighted by Crippen LogP contribution is 2.21. The van der Waals surface area contributed by atoms with Gasteiger partial charge in [-0.05, 0) is 48.8 Å². The van der Waals surface area contributed by atoms with Gasteiger partial charge in [-0.2, -0.15) is 0 Å². The molecule has 0 bridgehead atoms.